The van der Waals surface area contributed by atoms with Gasteiger partial charge in [0.15, 0.2) is 0 Å². The molecule has 1 amide bonds. The van der Waals surface area contributed by atoms with E-state index in [0.29, 0.717) is 6.42 Å². The number of nitrogens with zero attached hydrogens (tertiary/aromatic N) is 2. The van der Waals surface area contributed by atoms with E-state index in [-0.39, 0.29) is 11.7 Å². The van der Waals surface area contributed by atoms with Gasteiger partial charge in [0.1, 0.15) is 5.82 Å². The van der Waals surface area contributed by atoms with Crippen molar-refractivity contribution in [3.8, 4) is 0 Å². The summed E-state index contributed by atoms with van der Waals surface area (Å²) in [5.74, 6) is 0.0535. The van der Waals surface area contributed by atoms with Gasteiger partial charge in [-0.1, -0.05) is 13.3 Å². The molecule has 0 saturated carbocycles. The summed E-state index contributed by atoms with van der Waals surface area (Å²) in [6.07, 6.45) is 2.69. The van der Waals surface area contributed by atoms with Crippen molar-refractivity contribution in [3.63, 3.8) is 0 Å². The maximum atomic E-state index is 12.9. The number of amides is 1. The lowest BCUT2D eigenvalue weighted by atomic mass is 10.2. The molecule has 1 aliphatic rings. The summed E-state index contributed by atoms with van der Waals surface area (Å²) in [5.41, 5.74) is 1.03. The molecule has 0 N–H and O–H groups in total. The van der Waals surface area contributed by atoms with Crippen LogP contribution in [0.3, 0.4) is 0 Å². The second-order valence-electron chi connectivity index (χ2n) is 4.95. The van der Waals surface area contributed by atoms with E-state index in [1.807, 2.05) is 4.90 Å². The van der Waals surface area contributed by atoms with E-state index in [4.69, 9.17) is 0 Å². The molecule has 1 aliphatic heterocycles. The zero-order chi connectivity index (χ0) is 13.7. The Hall–Kier alpha value is -1.58. The minimum Gasteiger partial charge on any atom is -0.368 e. The van der Waals surface area contributed by atoms with Crippen molar-refractivity contribution < 1.29 is 9.18 Å². The lowest BCUT2D eigenvalue weighted by molar-refractivity contribution is -0.131. The predicted octanol–water partition coefficient (Wildman–Crippen LogP) is 2.66. The van der Waals surface area contributed by atoms with Crippen molar-refractivity contribution in [1.29, 1.82) is 0 Å². The summed E-state index contributed by atoms with van der Waals surface area (Å²) < 4.78 is 12.9. The van der Waals surface area contributed by atoms with E-state index in [1.165, 1.54) is 12.1 Å². The number of unbranched alkanes of at least 4 members (excludes halogenated alkanes) is 1. The minimum absolute atomic E-state index is 0.211. The molecule has 0 spiro atoms. The third kappa shape index (κ3) is 3.69. The number of benzene rings is 1. The zero-order valence-corrected chi connectivity index (χ0v) is 11.4. The maximum Gasteiger partial charge on any atom is 0.222 e. The molecule has 0 bridgehead atoms. The number of anilines is 1. The van der Waals surface area contributed by atoms with Crippen LogP contribution in [-0.4, -0.2) is 37.0 Å². The number of halogens is 1. The van der Waals surface area contributed by atoms with Crippen molar-refractivity contribution in [3.05, 3.63) is 30.1 Å². The molecule has 0 aromatic heterocycles. The molecule has 3 nitrogen and oxygen atoms in total. The van der Waals surface area contributed by atoms with Crippen LogP contribution in [0.5, 0.6) is 0 Å². The lowest BCUT2D eigenvalue weighted by Crippen LogP contribution is -2.48. The molecule has 0 atom stereocenters. The van der Waals surface area contributed by atoms with Gasteiger partial charge in [0.25, 0.3) is 0 Å². The minimum atomic E-state index is -0.211. The van der Waals surface area contributed by atoms with Crippen LogP contribution in [0.1, 0.15) is 26.2 Å². The van der Waals surface area contributed by atoms with Crippen molar-refractivity contribution in [2.45, 2.75) is 26.2 Å². The van der Waals surface area contributed by atoms with Gasteiger partial charge < -0.3 is 9.80 Å². The quantitative estimate of drug-likeness (QED) is 0.834. The SMILES string of the molecule is CCCCC(=O)N1CCN(c2ccc(F)cc2)CC1. The van der Waals surface area contributed by atoms with Crippen LogP contribution in [0.15, 0.2) is 24.3 Å². The van der Waals surface area contributed by atoms with Crippen LogP contribution in [0.4, 0.5) is 10.1 Å². The van der Waals surface area contributed by atoms with Gasteiger partial charge in [0.05, 0.1) is 0 Å². The molecular formula is C15H21FN2O. The van der Waals surface area contributed by atoms with Crippen LogP contribution < -0.4 is 4.90 Å². The molecule has 0 radical (unpaired) electrons. The van der Waals surface area contributed by atoms with Crippen LogP contribution in [0.2, 0.25) is 0 Å². The normalized spacial score (nSPS) is 15.7. The lowest BCUT2D eigenvalue weighted by Gasteiger charge is -2.36. The van der Waals surface area contributed by atoms with Gasteiger partial charge in [-0.25, -0.2) is 4.39 Å². The third-order valence-electron chi connectivity index (χ3n) is 3.57. The van der Waals surface area contributed by atoms with Crippen molar-refractivity contribution >= 4 is 11.6 Å². The molecule has 1 saturated heterocycles. The van der Waals surface area contributed by atoms with Crippen molar-refractivity contribution in [2.75, 3.05) is 31.1 Å². The second-order valence-corrected chi connectivity index (χ2v) is 4.95. The first kappa shape index (κ1) is 13.8. The number of carbonyl (C=O) groups excluding carboxylic acids is 1. The van der Waals surface area contributed by atoms with E-state index in [9.17, 15) is 9.18 Å². The molecule has 19 heavy (non-hydrogen) atoms. The maximum absolute atomic E-state index is 12.9. The molecule has 104 valence electrons. The van der Waals surface area contributed by atoms with Crippen LogP contribution >= 0.6 is 0 Å². The summed E-state index contributed by atoms with van der Waals surface area (Å²) in [4.78, 5) is 16.0. The van der Waals surface area contributed by atoms with E-state index < -0.39 is 0 Å². The van der Waals surface area contributed by atoms with Gasteiger partial charge in [-0.3, -0.25) is 4.79 Å². The molecule has 1 aromatic carbocycles. The summed E-state index contributed by atoms with van der Waals surface area (Å²) in [6, 6.07) is 6.55. The van der Waals surface area contributed by atoms with Gasteiger partial charge in [0.2, 0.25) is 5.91 Å². The highest BCUT2D eigenvalue weighted by Crippen LogP contribution is 2.17. The van der Waals surface area contributed by atoms with E-state index >= 15 is 0 Å². The summed E-state index contributed by atoms with van der Waals surface area (Å²) in [6.45, 7) is 5.27. The Morgan fingerprint density at radius 1 is 1.16 bits per heavy atom. The van der Waals surface area contributed by atoms with Gasteiger partial charge >= 0.3 is 0 Å². The summed E-state index contributed by atoms with van der Waals surface area (Å²) in [7, 11) is 0. The third-order valence-corrected chi connectivity index (χ3v) is 3.57. The van der Waals surface area contributed by atoms with Crippen molar-refractivity contribution in [1.82, 2.24) is 4.90 Å². The summed E-state index contributed by atoms with van der Waals surface area (Å²) in [5, 5.41) is 0. The largest absolute Gasteiger partial charge is 0.368 e. The van der Waals surface area contributed by atoms with Gasteiger partial charge in [-0.05, 0) is 30.7 Å². The molecule has 2 rings (SSSR count). The molecular weight excluding hydrogens is 243 g/mol. The van der Waals surface area contributed by atoms with E-state index in [1.54, 1.807) is 12.1 Å². The Morgan fingerprint density at radius 2 is 1.79 bits per heavy atom. The molecule has 1 heterocycles. The zero-order valence-electron chi connectivity index (χ0n) is 11.4. The topological polar surface area (TPSA) is 23.6 Å². The first-order valence-corrected chi connectivity index (χ1v) is 6.99. The van der Waals surface area contributed by atoms with Crippen LogP contribution in [0, 0.1) is 5.82 Å². The smallest absolute Gasteiger partial charge is 0.222 e. The first-order chi connectivity index (χ1) is 9.20. The number of rotatable bonds is 4. The fourth-order valence-electron chi connectivity index (χ4n) is 2.35. The number of piperazine rings is 1. The average molecular weight is 264 g/mol. The van der Waals surface area contributed by atoms with E-state index in [2.05, 4.69) is 11.8 Å². The van der Waals surface area contributed by atoms with Crippen molar-refractivity contribution in [2.24, 2.45) is 0 Å². The molecule has 1 aromatic rings. The Balaban J connectivity index is 1.85. The second kappa shape index (κ2) is 6.55. The van der Waals surface area contributed by atoms with Crippen LogP contribution in [0.25, 0.3) is 0 Å². The molecule has 1 fully saturated rings. The summed E-state index contributed by atoms with van der Waals surface area (Å²) >= 11 is 0. The van der Waals surface area contributed by atoms with Gasteiger partial charge in [0, 0.05) is 38.3 Å². The molecule has 0 unspecified atom stereocenters. The fraction of sp³-hybridized carbons (Fsp3) is 0.533. The highest BCUT2D eigenvalue weighted by Gasteiger charge is 2.20. The van der Waals surface area contributed by atoms with Crippen LogP contribution in [-0.2, 0) is 4.79 Å². The standard InChI is InChI=1S/C15H21FN2O/c1-2-3-4-15(19)18-11-9-17(10-12-18)14-7-5-13(16)6-8-14/h5-8H,2-4,9-12H2,1H3. The number of carbonyl (C=O) groups is 1. The Bertz CT molecular complexity index is 411. The predicted molar refractivity (Wildman–Crippen MR) is 74.7 cm³/mol. The fourth-order valence-corrected chi connectivity index (χ4v) is 2.35. The van der Waals surface area contributed by atoms with Gasteiger partial charge in [-0.15, -0.1) is 0 Å². The first-order valence-electron chi connectivity index (χ1n) is 6.99. The average Bonchev–Trinajstić information content (AvgIpc) is 2.46. The van der Waals surface area contributed by atoms with Gasteiger partial charge in [-0.2, -0.15) is 0 Å². The number of hydrogen-bond acceptors (Lipinski definition) is 2. The Labute approximate surface area is 114 Å². The highest BCUT2D eigenvalue weighted by molar-refractivity contribution is 5.76. The monoisotopic (exact) mass is 264 g/mol. The molecule has 0 aliphatic carbocycles. The van der Waals surface area contributed by atoms with E-state index in [0.717, 1.165) is 44.7 Å². The Kier molecular flexibility index (Phi) is 4.77. The highest BCUT2D eigenvalue weighted by atomic mass is 19.1. The Morgan fingerprint density at radius 3 is 2.37 bits per heavy atom. The molecule has 4 heteroatoms. The number of hydrogen-bond donors (Lipinski definition) is 0.